The Bertz CT molecular complexity index is 966. The maximum atomic E-state index is 13.3. The van der Waals surface area contributed by atoms with Crippen molar-refractivity contribution in [2.24, 2.45) is 0 Å². The number of likely N-dealkylation sites (N-methyl/N-ethyl adjacent to an activating group) is 1. The Balaban J connectivity index is 2.38. The Labute approximate surface area is 176 Å². The molecule has 0 fully saturated rings. The van der Waals surface area contributed by atoms with E-state index in [1.54, 1.807) is 37.3 Å². The van der Waals surface area contributed by atoms with Gasteiger partial charge < -0.3 is 10.2 Å². The molecule has 0 aromatic heterocycles. The van der Waals surface area contributed by atoms with E-state index in [9.17, 15) is 22.4 Å². The number of carbonyl (C=O) groups is 2. The second-order valence-electron chi connectivity index (χ2n) is 6.79. The van der Waals surface area contributed by atoms with Crippen LogP contribution in [0.3, 0.4) is 0 Å². The Kier molecular flexibility index (Phi) is 7.93. The van der Waals surface area contributed by atoms with E-state index in [0.29, 0.717) is 17.7 Å². The number of hydrogen-bond donors (Lipinski definition) is 1. The maximum absolute atomic E-state index is 13.3. The fourth-order valence-corrected chi connectivity index (χ4v) is 3.93. The molecule has 0 aliphatic heterocycles. The molecule has 30 heavy (non-hydrogen) atoms. The first-order valence-electron chi connectivity index (χ1n) is 9.45. The van der Waals surface area contributed by atoms with Crippen molar-refractivity contribution in [2.45, 2.75) is 25.9 Å². The van der Waals surface area contributed by atoms with Gasteiger partial charge in [0.05, 0.1) is 11.9 Å². The number of carbonyl (C=O) groups excluding carboxylic acids is 2. The van der Waals surface area contributed by atoms with E-state index < -0.39 is 34.3 Å². The normalized spacial score (nSPS) is 12.1. The number of sulfonamides is 1. The lowest BCUT2D eigenvalue weighted by molar-refractivity contribution is -0.140. The lowest BCUT2D eigenvalue weighted by Crippen LogP contribution is -2.51. The zero-order valence-electron chi connectivity index (χ0n) is 17.2. The largest absolute Gasteiger partial charge is 0.357 e. The summed E-state index contributed by atoms with van der Waals surface area (Å²) in [6.45, 7) is 1.34. The predicted octanol–water partition coefficient (Wildman–Crippen LogP) is 2.15. The monoisotopic (exact) mass is 435 g/mol. The number of nitrogens with zero attached hydrogens (tertiary/aromatic N) is 2. The van der Waals surface area contributed by atoms with Crippen LogP contribution in [0.15, 0.2) is 54.6 Å². The molecule has 0 saturated heterocycles. The summed E-state index contributed by atoms with van der Waals surface area (Å²) in [6.07, 6.45) is 1.35. The van der Waals surface area contributed by atoms with E-state index in [-0.39, 0.29) is 12.5 Å². The van der Waals surface area contributed by atoms with Gasteiger partial charge in [0.25, 0.3) is 0 Å². The number of benzene rings is 2. The van der Waals surface area contributed by atoms with Gasteiger partial charge in [-0.25, -0.2) is 12.8 Å². The number of rotatable bonds is 9. The maximum Gasteiger partial charge on any atom is 0.244 e. The van der Waals surface area contributed by atoms with Gasteiger partial charge in [-0.1, -0.05) is 37.3 Å². The summed E-state index contributed by atoms with van der Waals surface area (Å²) in [4.78, 5) is 26.9. The van der Waals surface area contributed by atoms with Crippen LogP contribution in [0.1, 0.15) is 18.9 Å². The van der Waals surface area contributed by atoms with Crippen LogP contribution in [0.4, 0.5) is 10.1 Å². The van der Waals surface area contributed by atoms with Gasteiger partial charge in [-0.15, -0.1) is 0 Å². The van der Waals surface area contributed by atoms with Crippen LogP contribution < -0.4 is 9.62 Å². The molecule has 1 N–H and O–H groups in total. The summed E-state index contributed by atoms with van der Waals surface area (Å²) in [7, 11) is -2.28. The van der Waals surface area contributed by atoms with Crippen LogP contribution in [0.2, 0.25) is 0 Å². The molecule has 0 radical (unpaired) electrons. The third kappa shape index (κ3) is 6.03. The van der Waals surface area contributed by atoms with E-state index in [2.05, 4.69) is 5.32 Å². The first kappa shape index (κ1) is 23.3. The summed E-state index contributed by atoms with van der Waals surface area (Å²) in [5.41, 5.74) is 0.973. The molecule has 7 nitrogen and oxygen atoms in total. The molecular weight excluding hydrogens is 409 g/mol. The van der Waals surface area contributed by atoms with E-state index in [1.807, 2.05) is 0 Å². The van der Waals surface area contributed by atoms with Crippen molar-refractivity contribution in [2.75, 3.05) is 24.2 Å². The third-order valence-electron chi connectivity index (χ3n) is 4.62. The fraction of sp³-hybridized carbons (Fsp3) is 0.333. The van der Waals surface area contributed by atoms with Crippen molar-refractivity contribution in [1.29, 1.82) is 0 Å². The summed E-state index contributed by atoms with van der Waals surface area (Å²) in [5.74, 6) is -1.31. The first-order chi connectivity index (χ1) is 14.2. The molecule has 0 heterocycles. The lowest BCUT2D eigenvalue weighted by atomic mass is 10.1. The highest BCUT2D eigenvalue weighted by Gasteiger charge is 2.31. The van der Waals surface area contributed by atoms with Crippen molar-refractivity contribution in [1.82, 2.24) is 10.2 Å². The van der Waals surface area contributed by atoms with Gasteiger partial charge in [0.1, 0.15) is 18.4 Å². The standard InChI is InChI=1S/C21H26FN3O4S/c1-4-19(21(27)23-2)24(14-16-10-12-17(22)13-11-16)20(26)15-25(30(3,28)29)18-8-6-5-7-9-18/h5-13,19H,4,14-15H2,1-3H3,(H,23,27)/t19-/m0/s1. The molecule has 0 bridgehead atoms. The number of hydrogen-bond acceptors (Lipinski definition) is 4. The molecule has 0 spiro atoms. The average molecular weight is 436 g/mol. The van der Waals surface area contributed by atoms with Gasteiger partial charge in [0.15, 0.2) is 0 Å². The third-order valence-corrected chi connectivity index (χ3v) is 5.76. The molecule has 2 aromatic carbocycles. The second-order valence-corrected chi connectivity index (χ2v) is 8.70. The summed E-state index contributed by atoms with van der Waals surface area (Å²) in [6, 6.07) is 13.1. The minimum atomic E-state index is -3.75. The minimum Gasteiger partial charge on any atom is -0.357 e. The fourth-order valence-electron chi connectivity index (χ4n) is 3.08. The Hall–Kier alpha value is -2.94. The van der Waals surface area contributed by atoms with E-state index >= 15 is 0 Å². The number of anilines is 1. The summed E-state index contributed by atoms with van der Waals surface area (Å²) < 4.78 is 39.0. The molecule has 2 rings (SSSR count). The Morgan fingerprint density at radius 2 is 1.67 bits per heavy atom. The summed E-state index contributed by atoms with van der Waals surface area (Å²) >= 11 is 0. The second kappa shape index (κ2) is 10.2. The quantitative estimate of drug-likeness (QED) is 0.654. The minimum absolute atomic E-state index is 0.0391. The SMILES string of the molecule is CC[C@@H](C(=O)NC)N(Cc1ccc(F)cc1)C(=O)CN(c1ccccc1)S(C)(=O)=O. The molecule has 2 aromatic rings. The van der Waals surface area contributed by atoms with Crippen LogP contribution in [-0.2, 0) is 26.2 Å². The van der Waals surface area contributed by atoms with Crippen molar-refractivity contribution in [3.8, 4) is 0 Å². The van der Waals surface area contributed by atoms with Crippen LogP contribution >= 0.6 is 0 Å². The molecular formula is C21H26FN3O4S. The van der Waals surface area contributed by atoms with E-state index in [0.717, 1.165) is 10.6 Å². The van der Waals surface area contributed by atoms with Gasteiger partial charge >= 0.3 is 0 Å². The zero-order chi connectivity index (χ0) is 22.3. The molecule has 162 valence electrons. The van der Waals surface area contributed by atoms with Crippen LogP contribution in [-0.4, -0.2) is 51.0 Å². The number of halogens is 1. The Morgan fingerprint density at radius 3 is 2.17 bits per heavy atom. The highest BCUT2D eigenvalue weighted by atomic mass is 32.2. The topological polar surface area (TPSA) is 86.8 Å². The molecule has 0 aliphatic carbocycles. The highest BCUT2D eigenvalue weighted by molar-refractivity contribution is 7.92. The van der Waals surface area contributed by atoms with Gasteiger partial charge in [0.2, 0.25) is 21.8 Å². The van der Waals surface area contributed by atoms with E-state index in [4.69, 9.17) is 0 Å². The van der Waals surface area contributed by atoms with Gasteiger partial charge in [-0.2, -0.15) is 0 Å². The molecule has 0 aliphatic rings. The number of amides is 2. The molecule has 0 saturated carbocycles. The molecule has 2 amide bonds. The first-order valence-corrected chi connectivity index (χ1v) is 11.3. The lowest BCUT2D eigenvalue weighted by Gasteiger charge is -2.32. The number of nitrogens with one attached hydrogen (secondary N) is 1. The van der Waals surface area contributed by atoms with Crippen molar-refractivity contribution < 1.29 is 22.4 Å². The van der Waals surface area contributed by atoms with Crippen LogP contribution in [0.5, 0.6) is 0 Å². The van der Waals surface area contributed by atoms with Crippen molar-refractivity contribution >= 4 is 27.5 Å². The van der Waals surface area contributed by atoms with Crippen molar-refractivity contribution in [3.63, 3.8) is 0 Å². The average Bonchev–Trinajstić information content (AvgIpc) is 2.72. The summed E-state index contributed by atoms with van der Waals surface area (Å²) in [5, 5.41) is 2.54. The number of para-hydroxylation sites is 1. The van der Waals surface area contributed by atoms with Gasteiger partial charge in [-0.3, -0.25) is 13.9 Å². The molecule has 1 atom stereocenters. The van der Waals surface area contributed by atoms with Gasteiger partial charge in [0, 0.05) is 13.6 Å². The van der Waals surface area contributed by atoms with E-state index in [1.165, 1.54) is 36.2 Å². The smallest absolute Gasteiger partial charge is 0.244 e. The zero-order valence-corrected chi connectivity index (χ0v) is 18.0. The highest BCUT2D eigenvalue weighted by Crippen LogP contribution is 2.19. The van der Waals surface area contributed by atoms with Crippen LogP contribution in [0, 0.1) is 5.82 Å². The van der Waals surface area contributed by atoms with Gasteiger partial charge in [-0.05, 0) is 36.2 Å². The molecule has 0 unspecified atom stereocenters. The Morgan fingerprint density at radius 1 is 1.07 bits per heavy atom. The molecule has 9 heteroatoms. The predicted molar refractivity (Wildman–Crippen MR) is 114 cm³/mol. The van der Waals surface area contributed by atoms with Crippen LogP contribution in [0.25, 0.3) is 0 Å². The van der Waals surface area contributed by atoms with Crippen molar-refractivity contribution in [3.05, 3.63) is 66.0 Å².